The zero-order valence-corrected chi connectivity index (χ0v) is 32.1. The van der Waals surface area contributed by atoms with Gasteiger partial charge in [0.2, 0.25) is 17.8 Å². The summed E-state index contributed by atoms with van der Waals surface area (Å²) < 4.78 is 17.3. The van der Waals surface area contributed by atoms with Crippen molar-refractivity contribution in [1.29, 1.82) is 0 Å². The van der Waals surface area contributed by atoms with Crippen molar-refractivity contribution in [2.24, 2.45) is 13.0 Å². The zero-order chi connectivity index (χ0) is 39.5. The van der Waals surface area contributed by atoms with E-state index in [9.17, 15) is 19.2 Å². The Morgan fingerprint density at radius 1 is 0.877 bits per heavy atom. The smallest absolute Gasteiger partial charge is 0.262 e. The van der Waals surface area contributed by atoms with Gasteiger partial charge in [-0.3, -0.25) is 34.3 Å². The van der Waals surface area contributed by atoms with Crippen LogP contribution in [0.15, 0.2) is 54.7 Å². The highest BCUT2D eigenvalue weighted by Gasteiger charge is 2.45. The topological polar surface area (TPSA) is 158 Å². The van der Waals surface area contributed by atoms with Crippen LogP contribution < -0.4 is 20.9 Å². The van der Waals surface area contributed by atoms with Crippen LogP contribution in [0.5, 0.6) is 0 Å². The molecule has 14 nitrogen and oxygen atoms in total. The second kappa shape index (κ2) is 14.4. The van der Waals surface area contributed by atoms with Gasteiger partial charge in [-0.2, -0.15) is 10.1 Å². The molecule has 3 aromatic carbocycles. The van der Waals surface area contributed by atoms with Gasteiger partial charge in [0.05, 0.1) is 22.2 Å². The van der Waals surface area contributed by atoms with Crippen LogP contribution in [-0.2, 0) is 29.6 Å². The number of imide groups is 2. The molecule has 1 unspecified atom stereocenters. The summed E-state index contributed by atoms with van der Waals surface area (Å²) in [5.74, 6) is -1.44. The average molecular weight is 771 g/mol. The van der Waals surface area contributed by atoms with Gasteiger partial charge in [0.25, 0.3) is 11.8 Å². The number of piperidine rings is 2. The molecule has 0 radical (unpaired) electrons. The molecule has 292 valence electrons. The standard InChI is InChI=1S/C42H43FN10O4/c1-23-5-4-6-24(2)36(23)47-37-31-20-44-42(48-38(31)50(3)49-37)45-28-8-7-26-13-14-51(22-27(26)17-28)21-25-11-15-52(16-12-25)34-19-30-29(18-32(34)43)40(56)53(41(30)57)33-9-10-35(54)46-39(33)55/h4-8,17-20,25,33H,9-16,21-22H2,1-3H3,(H,47,49)(H,44,45,48)(H,46,54,55). The van der Waals surface area contributed by atoms with Crippen molar-refractivity contribution < 1.29 is 23.6 Å². The number of nitrogens with one attached hydrogen (secondary N) is 3. The fourth-order valence-electron chi connectivity index (χ4n) is 8.74. The van der Waals surface area contributed by atoms with Gasteiger partial charge in [-0.25, -0.2) is 14.1 Å². The summed E-state index contributed by atoms with van der Waals surface area (Å²) >= 11 is 0. The van der Waals surface area contributed by atoms with Gasteiger partial charge in [0.1, 0.15) is 11.9 Å². The number of benzene rings is 3. The molecule has 9 rings (SSSR count). The van der Waals surface area contributed by atoms with Gasteiger partial charge >= 0.3 is 0 Å². The lowest BCUT2D eigenvalue weighted by atomic mass is 9.93. The maximum Gasteiger partial charge on any atom is 0.262 e. The van der Waals surface area contributed by atoms with E-state index in [1.165, 1.54) is 17.2 Å². The van der Waals surface area contributed by atoms with E-state index in [4.69, 9.17) is 10.1 Å². The highest BCUT2D eigenvalue weighted by atomic mass is 19.1. The molecule has 0 aliphatic carbocycles. The molecule has 0 spiro atoms. The summed E-state index contributed by atoms with van der Waals surface area (Å²) in [6.07, 6.45) is 4.53. The van der Waals surface area contributed by atoms with Crippen LogP contribution in [0.3, 0.4) is 0 Å². The Kier molecular flexibility index (Phi) is 9.18. The molecule has 6 heterocycles. The number of halogens is 1. The lowest BCUT2D eigenvalue weighted by molar-refractivity contribution is -0.136. The van der Waals surface area contributed by atoms with E-state index < -0.39 is 35.5 Å². The normalized spacial score (nSPS) is 18.9. The Hall–Kier alpha value is -6.22. The number of hydrogen-bond acceptors (Lipinski definition) is 11. The number of anilines is 5. The van der Waals surface area contributed by atoms with E-state index in [1.807, 2.05) is 18.0 Å². The van der Waals surface area contributed by atoms with E-state index in [-0.39, 0.29) is 29.7 Å². The highest BCUT2D eigenvalue weighted by Crippen LogP contribution is 2.35. The Morgan fingerprint density at radius 2 is 1.63 bits per heavy atom. The van der Waals surface area contributed by atoms with E-state index in [0.717, 1.165) is 83.4 Å². The molecule has 0 saturated carbocycles. The summed E-state index contributed by atoms with van der Waals surface area (Å²) in [4.78, 5) is 65.3. The summed E-state index contributed by atoms with van der Waals surface area (Å²) in [7, 11) is 1.88. The Balaban J connectivity index is 0.822. The van der Waals surface area contributed by atoms with Gasteiger partial charge in [-0.05, 0) is 92.0 Å². The van der Waals surface area contributed by atoms with Crippen molar-refractivity contribution in [1.82, 2.24) is 34.9 Å². The Bertz CT molecular complexity index is 2470. The molecule has 2 aromatic heterocycles. The molecular weight excluding hydrogens is 728 g/mol. The summed E-state index contributed by atoms with van der Waals surface area (Å²) in [6, 6.07) is 14.1. The van der Waals surface area contributed by atoms with Crippen molar-refractivity contribution in [3.63, 3.8) is 0 Å². The maximum absolute atomic E-state index is 15.5. The number of nitrogens with zero attached hydrogens (tertiary/aromatic N) is 7. The fourth-order valence-corrected chi connectivity index (χ4v) is 8.74. The van der Waals surface area contributed by atoms with Gasteiger partial charge in [0.15, 0.2) is 11.5 Å². The van der Waals surface area contributed by atoms with Crippen LogP contribution in [0.2, 0.25) is 0 Å². The van der Waals surface area contributed by atoms with Crippen LogP contribution in [0, 0.1) is 25.6 Å². The third-order valence-corrected chi connectivity index (χ3v) is 11.8. The van der Waals surface area contributed by atoms with Crippen LogP contribution in [0.25, 0.3) is 11.0 Å². The van der Waals surface area contributed by atoms with Crippen LogP contribution in [-0.4, -0.2) is 85.4 Å². The van der Waals surface area contributed by atoms with Gasteiger partial charge in [-0.1, -0.05) is 24.3 Å². The summed E-state index contributed by atoms with van der Waals surface area (Å²) in [5.41, 5.74) is 7.83. The second-order valence-electron chi connectivity index (χ2n) is 15.6. The number of rotatable bonds is 8. The third kappa shape index (κ3) is 6.75. The van der Waals surface area contributed by atoms with Crippen molar-refractivity contribution in [2.45, 2.75) is 58.5 Å². The number of carbonyl (C=O) groups is 4. The SMILES string of the molecule is Cc1cccc(C)c1Nc1nn(C)c2nc(Nc3ccc4c(c3)CN(CC3CCN(c5cc6c(cc5F)C(=O)N(C5CCC(=O)NC5=O)C6=O)CC3)CC4)ncc12. The monoisotopic (exact) mass is 770 g/mol. The molecule has 1 atom stereocenters. The van der Waals surface area contributed by atoms with Gasteiger partial charge in [0, 0.05) is 63.8 Å². The average Bonchev–Trinajstić information content (AvgIpc) is 3.63. The number of para-hydroxylation sites is 1. The zero-order valence-electron chi connectivity index (χ0n) is 32.1. The van der Waals surface area contributed by atoms with Gasteiger partial charge < -0.3 is 15.5 Å². The number of hydrogen-bond donors (Lipinski definition) is 3. The van der Waals surface area contributed by atoms with E-state index >= 15 is 4.39 Å². The summed E-state index contributed by atoms with van der Waals surface area (Å²) in [6.45, 7) is 8.06. The lowest BCUT2D eigenvalue weighted by Crippen LogP contribution is -2.54. The van der Waals surface area contributed by atoms with Crippen LogP contribution >= 0.6 is 0 Å². The minimum atomic E-state index is -1.09. The second-order valence-corrected chi connectivity index (χ2v) is 15.6. The molecule has 4 amide bonds. The molecule has 4 aliphatic heterocycles. The molecular formula is C42H43FN10O4. The number of amides is 4. The van der Waals surface area contributed by atoms with E-state index in [2.05, 4.69) is 70.0 Å². The first-order chi connectivity index (χ1) is 27.5. The van der Waals surface area contributed by atoms with Crippen molar-refractivity contribution in [2.75, 3.05) is 41.7 Å². The minimum absolute atomic E-state index is 0.0231. The summed E-state index contributed by atoms with van der Waals surface area (Å²) in [5, 5.41) is 14.6. The molecule has 5 aromatic rings. The maximum atomic E-state index is 15.5. The first-order valence-corrected chi connectivity index (χ1v) is 19.4. The predicted octanol–water partition coefficient (Wildman–Crippen LogP) is 5.28. The predicted molar refractivity (Wildman–Crippen MR) is 212 cm³/mol. The molecule has 15 heteroatoms. The first-order valence-electron chi connectivity index (χ1n) is 19.4. The van der Waals surface area contributed by atoms with Crippen LogP contribution in [0.1, 0.15) is 68.7 Å². The fraction of sp³-hybridized carbons (Fsp3) is 0.357. The van der Waals surface area contributed by atoms with Gasteiger partial charge in [-0.15, -0.1) is 0 Å². The molecule has 3 N–H and O–H groups in total. The lowest BCUT2D eigenvalue weighted by Gasteiger charge is -2.37. The van der Waals surface area contributed by atoms with Crippen molar-refractivity contribution in [3.05, 3.63) is 93.9 Å². The Morgan fingerprint density at radius 3 is 2.39 bits per heavy atom. The minimum Gasteiger partial charge on any atom is -0.369 e. The molecule has 57 heavy (non-hydrogen) atoms. The quantitative estimate of drug-likeness (QED) is 0.176. The van der Waals surface area contributed by atoms with Crippen molar-refractivity contribution in [3.8, 4) is 0 Å². The highest BCUT2D eigenvalue weighted by molar-refractivity contribution is 6.23. The van der Waals surface area contributed by atoms with Crippen molar-refractivity contribution >= 4 is 63.5 Å². The number of fused-ring (bicyclic) bond motifs is 3. The molecule has 2 saturated heterocycles. The third-order valence-electron chi connectivity index (χ3n) is 11.8. The molecule has 4 aliphatic rings. The van der Waals surface area contributed by atoms with E-state index in [0.29, 0.717) is 30.8 Å². The van der Waals surface area contributed by atoms with Crippen LogP contribution in [0.4, 0.5) is 33.2 Å². The van der Waals surface area contributed by atoms with E-state index in [1.54, 1.807) is 10.9 Å². The molecule has 0 bridgehead atoms. The number of carbonyl (C=O) groups excluding carboxylic acids is 4. The Labute approximate surface area is 328 Å². The molecule has 2 fully saturated rings. The first kappa shape index (κ1) is 36.4. The number of aromatic nitrogens is 4. The largest absolute Gasteiger partial charge is 0.369 e. The number of aryl methyl sites for hydroxylation is 3.